The molecule has 0 spiro atoms. The Hall–Kier alpha value is 0.220. The van der Waals surface area contributed by atoms with E-state index in [0.717, 1.165) is 44.1 Å². The van der Waals surface area contributed by atoms with Gasteiger partial charge in [-0.15, -0.1) is 24.0 Å². The molecular weight excluding hydrogens is 463 g/mol. The Kier molecular flexibility index (Phi) is 10.9. The molecule has 2 aliphatic rings. The van der Waals surface area contributed by atoms with Crippen molar-refractivity contribution in [1.82, 2.24) is 14.9 Å². The van der Waals surface area contributed by atoms with Crippen molar-refractivity contribution in [2.24, 2.45) is 10.9 Å². The molecule has 2 saturated heterocycles. The van der Waals surface area contributed by atoms with Crippen molar-refractivity contribution in [3.63, 3.8) is 0 Å². The van der Waals surface area contributed by atoms with Crippen molar-refractivity contribution in [2.45, 2.75) is 12.8 Å². The van der Waals surface area contributed by atoms with E-state index in [1.165, 1.54) is 0 Å². The van der Waals surface area contributed by atoms with Gasteiger partial charge in [-0.25, -0.2) is 12.7 Å². The lowest BCUT2D eigenvalue weighted by Gasteiger charge is -2.26. The predicted molar refractivity (Wildman–Crippen MR) is 111 cm³/mol. The third-order valence-corrected chi connectivity index (χ3v) is 6.95. The maximum Gasteiger partial charge on any atom is 0.215 e. The van der Waals surface area contributed by atoms with Gasteiger partial charge in [0.05, 0.1) is 5.75 Å². The van der Waals surface area contributed by atoms with E-state index in [4.69, 9.17) is 4.74 Å². The summed E-state index contributed by atoms with van der Waals surface area (Å²) in [6.07, 6.45) is 2.12. The minimum absolute atomic E-state index is 0. The molecule has 2 heterocycles. The first-order valence-corrected chi connectivity index (χ1v) is 11.0. The van der Waals surface area contributed by atoms with E-state index < -0.39 is 10.0 Å². The van der Waals surface area contributed by atoms with Gasteiger partial charge in [-0.2, -0.15) is 11.8 Å². The average Bonchev–Trinajstić information content (AvgIpc) is 2.59. The lowest BCUT2D eigenvalue weighted by Crippen LogP contribution is -2.45. The summed E-state index contributed by atoms with van der Waals surface area (Å²) in [6.45, 7) is 4.13. The number of ether oxygens (including phenoxy) is 1. The van der Waals surface area contributed by atoms with Crippen LogP contribution >= 0.6 is 35.7 Å². The number of halogens is 1. The van der Waals surface area contributed by atoms with Gasteiger partial charge in [0, 0.05) is 57.9 Å². The molecule has 24 heavy (non-hydrogen) atoms. The maximum atomic E-state index is 12.3. The number of sulfonamides is 1. The molecule has 2 N–H and O–H groups in total. The summed E-state index contributed by atoms with van der Waals surface area (Å²) in [5.74, 6) is 3.15. The van der Waals surface area contributed by atoms with E-state index in [1.807, 2.05) is 11.8 Å². The lowest BCUT2D eigenvalue weighted by molar-refractivity contribution is 0.0675. The van der Waals surface area contributed by atoms with Crippen LogP contribution < -0.4 is 10.6 Å². The van der Waals surface area contributed by atoms with Crippen molar-refractivity contribution in [2.75, 3.05) is 63.7 Å². The predicted octanol–water partition coefficient (Wildman–Crippen LogP) is 0.575. The van der Waals surface area contributed by atoms with Crippen LogP contribution in [0.15, 0.2) is 4.99 Å². The first kappa shape index (κ1) is 22.3. The zero-order chi connectivity index (χ0) is 16.5. The Balaban J connectivity index is 0.00000288. The zero-order valence-corrected chi connectivity index (χ0v) is 18.2. The molecule has 0 unspecified atom stereocenters. The molecular formula is C14H29IN4O3S2. The summed E-state index contributed by atoms with van der Waals surface area (Å²) in [5.41, 5.74) is 0. The molecule has 2 fully saturated rings. The van der Waals surface area contributed by atoms with Gasteiger partial charge < -0.3 is 15.4 Å². The normalized spacial score (nSPS) is 21.1. The SMILES string of the molecule is CN=C(NCCS(=O)(=O)N1CCSCC1)NCC1CCOCC1.I. The molecule has 0 bridgehead atoms. The van der Waals surface area contributed by atoms with E-state index >= 15 is 0 Å². The number of nitrogens with zero attached hydrogens (tertiary/aromatic N) is 2. The van der Waals surface area contributed by atoms with E-state index in [1.54, 1.807) is 11.4 Å². The Morgan fingerprint density at radius 3 is 2.54 bits per heavy atom. The first-order chi connectivity index (χ1) is 11.1. The smallest absolute Gasteiger partial charge is 0.215 e. The number of hydrogen-bond donors (Lipinski definition) is 2. The molecule has 2 rings (SSSR count). The maximum absolute atomic E-state index is 12.3. The highest BCUT2D eigenvalue weighted by Crippen LogP contribution is 2.13. The Morgan fingerprint density at radius 1 is 1.25 bits per heavy atom. The Bertz CT molecular complexity index is 478. The number of nitrogens with one attached hydrogen (secondary N) is 2. The van der Waals surface area contributed by atoms with Gasteiger partial charge in [-0.1, -0.05) is 0 Å². The number of hydrogen-bond acceptors (Lipinski definition) is 5. The molecule has 0 aromatic carbocycles. The molecule has 0 radical (unpaired) electrons. The second-order valence-electron chi connectivity index (χ2n) is 5.76. The second-order valence-corrected chi connectivity index (χ2v) is 9.08. The fourth-order valence-corrected chi connectivity index (χ4v) is 5.16. The fraction of sp³-hybridized carbons (Fsp3) is 0.929. The minimum Gasteiger partial charge on any atom is -0.381 e. The largest absolute Gasteiger partial charge is 0.381 e. The van der Waals surface area contributed by atoms with Crippen molar-refractivity contribution >= 4 is 51.7 Å². The molecule has 0 amide bonds. The van der Waals surface area contributed by atoms with Gasteiger partial charge >= 0.3 is 0 Å². The lowest BCUT2D eigenvalue weighted by atomic mass is 10.0. The summed E-state index contributed by atoms with van der Waals surface area (Å²) in [5, 5.41) is 6.38. The topological polar surface area (TPSA) is 83.0 Å². The van der Waals surface area contributed by atoms with Gasteiger partial charge in [0.1, 0.15) is 0 Å². The van der Waals surface area contributed by atoms with E-state index in [9.17, 15) is 8.42 Å². The third kappa shape index (κ3) is 7.63. The molecule has 0 aromatic heterocycles. The third-order valence-electron chi connectivity index (χ3n) is 4.14. The number of guanidine groups is 1. The summed E-state index contributed by atoms with van der Waals surface area (Å²) in [4.78, 5) is 4.16. The fourth-order valence-electron chi connectivity index (χ4n) is 2.66. The van der Waals surface area contributed by atoms with Gasteiger partial charge in [0.2, 0.25) is 10.0 Å². The summed E-state index contributed by atoms with van der Waals surface area (Å²) < 4.78 is 31.5. The zero-order valence-electron chi connectivity index (χ0n) is 14.2. The van der Waals surface area contributed by atoms with E-state index in [-0.39, 0.29) is 29.7 Å². The second kappa shape index (κ2) is 11.8. The molecule has 0 saturated carbocycles. The van der Waals surface area contributed by atoms with Gasteiger partial charge in [0.25, 0.3) is 0 Å². The highest BCUT2D eigenvalue weighted by atomic mass is 127. The Morgan fingerprint density at radius 2 is 1.92 bits per heavy atom. The van der Waals surface area contributed by atoms with Crippen molar-refractivity contribution in [3.8, 4) is 0 Å². The molecule has 2 aliphatic heterocycles. The van der Waals surface area contributed by atoms with Crippen molar-refractivity contribution < 1.29 is 13.2 Å². The monoisotopic (exact) mass is 492 g/mol. The van der Waals surface area contributed by atoms with Gasteiger partial charge in [0.15, 0.2) is 5.96 Å². The van der Waals surface area contributed by atoms with Crippen LogP contribution in [0.2, 0.25) is 0 Å². The molecule has 142 valence electrons. The van der Waals surface area contributed by atoms with Crippen LogP contribution in [0.25, 0.3) is 0 Å². The van der Waals surface area contributed by atoms with E-state index in [2.05, 4.69) is 15.6 Å². The van der Waals surface area contributed by atoms with Crippen LogP contribution in [0.5, 0.6) is 0 Å². The van der Waals surface area contributed by atoms with Crippen LogP contribution in [0.4, 0.5) is 0 Å². The number of aliphatic imine (C=N–C) groups is 1. The molecule has 0 atom stereocenters. The molecule has 10 heteroatoms. The van der Waals surface area contributed by atoms with Crippen LogP contribution in [-0.2, 0) is 14.8 Å². The number of rotatable bonds is 6. The van der Waals surface area contributed by atoms with Gasteiger partial charge in [-0.3, -0.25) is 4.99 Å². The standard InChI is InChI=1S/C14H28N4O3S2.HI/c1-15-14(17-12-13-2-7-21-8-3-13)16-4-11-23(19,20)18-5-9-22-10-6-18;/h13H,2-12H2,1H3,(H2,15,16,17);1H. The summed E-state index contributed by atoms with van der Waals surface area (Å²) in [7, 11) is -1.46. The van der Waals surface area contributed by atoms with Crippen LogP contribution in [0, 0.1) is 5.92 Å². The summed E-state index contributed by atoms with van der Waals surface area (Å²) in [6, 6.07) is 0. The van der Waals surface area contributed by atoms with Crippen molar-refractivity contribution in [3.05, 3.63) is 0 Å². The highest BCUT2D eigenvalue weighted by Gasteiger charge is 2.23. The molecule has 0 aliphatic carbocycles. The summed E-state index contributed by atoms with van der Waals surface area (Å²) >= 11 is 1.81. The first-order valence-electron chi connectivity index (χ1n) is 8.19. The van der Waals surface area contributed by atoms with Gasteiger partial charge in [-0.05, 0) is 18.8 Å². The van der Waals surface area contributed by atoms with E-state index in [0.29, 0.717) is 31.5 Å². The Labute approximate surface area is 166 Å². The quantitative estimate of drug-likeness (QED) is 0.321. The number of thioether (sulfide) groups is 1. The highest BCUT2D eigenvalue weighted by molar-refractivity contribution is 14.0. The minimum atomic E-state index is -3.16. The van der Waals surface area contributed by atoms with Crippen molar-refractivity contribution in [1.29, 1.82) is 0 Å². The van der Waals surface area contributed by atoms with Crippen LogP contribution in [0.1, 0.15) is 12.8 Å². The molecule has 7 nitrogen and oxygen atoms in total. The van der Waals surface area contributed by atoms with Crippen LogP contribution in [-0.4, -0.2) is 82.4 Å². The van der Waals surface area contributed by atoms with Crippen LogP contribution in [0.3, 0.4) is 0 Å². The average molecular weight is 492 g/mol. The molecule has 0 aromatic rings.